The summed E-state index contributed by atoms with van der Waals surface area (Å²) >= 11 is 5.69. The number of benzene rings is 1. The molecule has 0 saturated heterocycles. The lowest BCUT2D eigenvalue weighted by atomic mass is 10.0. The molecule has 1 atom stereocenters. The van der Waals surface area contributed by atoms with E-state index in [1.54, 1.807) is 13.0 Å². The minimum atomic E-state index is -4.24. The van der Waals surface area contributed by atoms with Crippen molar-refractivity contribution in [2.45, 2.75) is 52.3 Å². The Morgan fingerprint density at radius 3 is 2.24 bits per heavy atom. The van der Waals surface area contributed by atoms with Crippen LogP contribution in [0.5, 0.6) is 0 Å². The number of alkyl halides is 3. The first-order valence-corrected chi connectivity index (χ1v) is 7.32. The normalized spacial score (nSPS) is 12.6. The van der Waals surface area contributed by atoms with E-state index in [2.05, 4.69) is 5.32 Å². The van der Waals surface area contributed by atoms with E-state index in [1.807, 2.05) is 13.8 Å². The fourth-order valence-corrected chi connectivity index (χ4v) is 2.21. The minimum absolute atomic E-state index is 0.0102. The highest BCUT2D eigenvalue weighted by Gasteiger charge is 2.37. The number of aryl methyl sites for hydroxylation is 2. The first-order valence-electron chi connectivity index (χ1n) is 6.94. The highest BCUT2D eigenvalue weighted by Crippen LogP contribution is 2.25. The average molecular weight is 328 g/mol. The van der Waals surface area contributed by atoms with Crippen molar-refractivity contribution in [3.8, 4) is 0 Å². The van der Waals surface area contributed by atoms with E-state index >= 15 is 0 Å². The van der Waals surface area contributed by atoms with Crippen LogP contribution in [0, 0.1) is 12.7 Å². The van der Waals surface area contributed by atoms with Crippen molar-refractivity contribution in [3.05, 3.63) is 34.1 Å². The van der Waals surface area contributed by atoms with Crippen LogP contribution >= 0.6 is 11.6 Å². The number of hydrogen-bond acceptors (Lipinski definition) is 1. The van der Waals surface area contributed by atoms with Gasteiger partial charge in [0.05, 0.1) is 5.02 Å². The van der Waals surface area contributed by atoms with Crippen LogP contribution in [-0.4, -0.2) is 19.3 Å². The quantitative estimate of drug-likeness (QED) is 0.725. The second kappa shape index (κ2) is 9.26. The third-order valence-corrected chi connectivity index (χ3v) is 3.25. The second-order valence-electron chi connectivity index (χ2n) is 4.48. The third kappa shape index (κ3) is 6.66. The van der Waals surface area contributed by atoms with Crippen molar-refractivity contribution in [1.29, 1.82) is 0 Å². The van der Waals surface area contributed by atoms with Gasteiger partial charge in [0, 0.05) is 0 Å². The van der Waals surface area contributed by atoms with Gasteiger partial charge in [0.2, 0.25) is 0 Å². The van der Waals surface area contributed by atoms with Crippen LogP contribution in [0.2, 0.25) is 5.02 Å². The molecular weight excluding hydrogens is 306 g/mol. The molecule has 122 valence electrons. The summed E-state index contributed by atoms with van der Waals surface area (Å²) in [6, 6.07) is 1.57. The molecule has 1 unspecified atom stereocenters. The first kappa shape index (κ1) is 20.2. The average Bonchev–Trinajstić information content (AvgIpc) is 2.41. The highest BCUT2D eigenvalue weighted by molar-refractivity contribution is 6.30. The molecule has 0 aliphatic carbocycles. The van der Waals surface area contributed by atoms with Gasteiger partial charge in [-0.2, -0.15) is 13.2 Å². The van der Waals surface area contributed by atoms with Gasteiger partial charge in [0.25, 0.3) is 0 Å². The van der Waals surface area contributed by atoms with Crippen LogP contribution in [0.25, 0.3) is 0 Å². The fraction of sp³-hybridized carbons (Fsp3) is 0.600. The Labute approximate surface area is 128 Å². The van der Waals surface area contributed by atoms with E-state index in [0.29, 0.717) is 18.4 Å². The zero-order valence-corrected chi connectivity index (χ0v) is 13.5. The number of rotatable bonds is 5. The van der Waals surface area contributed by atoms with Gasteiger partial charge in [-0.3, -0.25) is 0 Å². The Balaban J connectivity index is 0.00000191. The van der Waals surface area contributed by atoms with Crippen LogP contribution in [0.3, 0.4) is 0 Å². The summed E-state index contributed by atoms with van der Waals surface area (Å²) in [7, 11) is 1.29. The smallest absolute Gasteiger partial charge is 0.309 e. The molecule has 0 spiro atoms. The zero-order valence-electron chi connectivity index (χ0n) is 12.7. The Bertz CT molecular complexity index is 409. The molecule has 1 N–H and O–H groups in total. The van der Waals surface area contributed by atoms with Crippen molar-refractivity contribution < 1.29 is 17.6 Å². The van der Waals surface area contributed by atoms with Gasteiger partial charge >= 0.3 is 6.18 Å². The van der Waals surface area contributed by atoms with Gasteiger partial charge in [0.15, 0.2) is 0 Å². The predicted molar refractivity (Wildman–Crippen MR) is 79.3 cm³/mol. The Hall–Kier alpha value is -0.810. The maximum atomic E-state index is 13.3. The van der Waals surface area contributed by atoms with Crippen molar-refractivity contribution in [2.75, 3.05) is 7.05 Å². The van der Waals surface area contributed by atoms with Crippen LogP contribution in [0.1, 0.15) is 37.8 Å². The number of hydrogen-bond donors (Lipinski definition) is 1. The van der Waals surface area contributed by atoms with Crippen molar-refractivity contribution >= 4 is 11.6 Å². The lowest BCUT2D eigenvalue weighted by Gasteiger charge is -2.19. The van der Waals surface area contributed by atoms with Gasteiger partial charge < -0.3 is 5.32 Å². The van der Waals surface area contributed by atoms with Gasteiger partial charge in [-0.15, -0.1) is 0 Å². The summed E-state index contributed by atoms with van der Waals surface area (Å²) in [4.78, 5) is 0. The molecule has 0 aliphatic heterocycles. The van der Waals surface area contributed by atoms with E-state index in [1.165, 1.54) is 13.1 Å². The van der Waals surface area contributed by atoms with Crippen LogP contribution in [0.4, 0.5) is 17.6 Å². The Kier molecular flexibility index (Phi) is 8.90. The summed E-state index contributed by atoms with van der Waals surface area (Å²) in [5.74, 6) is -0.478. The highest BCUT2D eigenvalue weighted by atomic mass is 35.5. The molecule has 0 aromatic heterocycles. The van der Waals surface area contributed by atoms with Crippen molar-refractivity contribution in [1.82, 2.24) is 5.32 Å². The Morgan fingerprint density at radius 1 is 1.24 bits per heavy atom. The Morgan fingerprint density at radius 2 is 1.81 bits per heavy atom. The van der Waals surface area contributed by atoms with Gasteiger partial charge in [0.1, 0.15) is 11.9 Å². The van der Waals surface area contributed by atoms with Gasteiger partial charge in [-0.25, -0.2) is 4.39 Å². The molecule has 6 heteroatoms. The number of halogens is 5. The SMILES string of the molecule is CC.CNC(CCCc1cc(C)c(F)c(Cl)c1)C(F)(F)F. The van der Waals surface area contributed by atoms with Crippen LogP contribution in [0.15, 0.2) is 12.1 Å². The van der Waals surface area contributed by atoms with Crippen molar-refractivity contribution in [3.63, 3.8) is 0 Å². The van der Waals surface area contributed by atoms with Crippen LogP contribution in [-0.2, 0) is 6.42 Å². The summed E-state index contributed by atoms with van der Waals surface area (Å²) in [5.41, 5.74) is 1.16. The van der Waals surface area contributed by atoms with E-state index in [4.69, 9.17) is 11.6 Å². The number of nitrogens with one attached hydrogen (secondary N) is 1. The topological polar surface area (TPSA) is 12.0 Å². The molecule has 21 heavy (non-hydrogen) atoms. The van der Waals surface area contributed by atoms with E-state index in [0.717, 1.165) is 5.56 Å². The molecular formula is C15H22ClF4N. The largest absolute Gasteiger partial charge is 0.403 e. The maximum absolute atomic E-state index is 13.3. The van der Waals surface area contributed by atoms with E-state index in [9.17, 15) is 17.6 Å². The summed E-state index contributed by atoms with van der Waals surface area (Å²) in [6.45, 7) is 5.58. The summed E-state index contributed by atoms with van der Waals surface area (Å²) in [5, 5.41) is 2.26. The van der Waals surface area contributed by atoms with Gasteiger partial charge in [-0.05, 0) is 50.4 Å². The lowest BCUT2D eigenvalue weighted by Crippen LogP contribution is -2.40. The molecule has 0 aliphatic rings. The molecule has 0 fully saturated rings. The maximum Gasteiger partial charge on any atom is 0.403 e. The molecule has 0 amide bonds. The molecule has 0 saturated carbocycles. The van der Waals surface area contributed by atoms with Crippen LogP contribution < -0.4 is 5.32 Å². The predicted octanol–water partition coefficient (Wildman–Crippen LogP) is 5.29. The molecule has 1 nitrogen and oxygen atoms in total. The monoisotopic (exact) mass is 327 g/mol. The van der Waals surface area contributed by atoms with Crippen molar-refractivity contribution in [2.24, 2.45) is 0 Å². The summed E-state index contributed by atoms with van der Waals surface area (Å²) in [6.07, 6.45) is -3.47. The molecule has 0 radical (unpaired) electrons. The summed E-state index contributed by atoms with van der Waals surface area (Å²) < 4.78 is 50.8. The molecule has 1 rings (SSSR count). The fourth-order valence-electron chi connectivity index (χ4n) is 1.92. The third-order valence-electron chi connectivity index (χ3n) is 2.97. The molecule has 1 aromatic carbocycles. The standard InChI is InChI=1S/C13H16ClF4N.C2H6/c1-8-6-9(7-10(14)12(8)15)4-3-5-11(19-2)13(16,17)18;1-2/h6-7,11,19H,3-5H2,1-2H3;1-2H3. The molecule has 1 aromatic rings. The first-order chi connectivity index (χ1) is 9.75. The van der Waals surface area contributed by atoms with Gasteiger partial charge in [-0.1, -0.05) is 31.5 Å². The zero-order chi connectivity index (χ0) is 16.6. The lowest BCUT2D eigenvalue weighted by molar-refractivity contribution is -0.156. The molecule has 0 heterocycles. The van der Waals surface area contributed by atoms with E-state index in [-0.39, 0.29) is 11.4 Å². The second-order valence-corrected chi connectivity index (χ2v) is 4.89. The molecule has 0 bridgehead atoms. The van der Waals surface area contributed by atoms with E-state index < -0.39 is 18.0 Å². The minimum Gasteiger partial charge on any atom is -0.309 e.